The van der Waals surface area contributed by atoms with Crippen molar-refractivity contribution in [2.45, 2.75) is 54.2 Å². The van der Waals surface area contributed by atoms with Gasteiger partial charge in [0.1, 0.15) is 0 Å². The highest BCUT2D eigenvalue weighted by atomic mass is 79.9. The molecule has 0 unspecified atom stereocenters. The van der Waals surface area contributed by atoms with Crippen LogP contribution in [0.4, 0.5) is 13.2 Å². The zero-order chi connectivity index (χ0) is 20.5. The molecule has 0 spiro atoms. The molecule has 10 heteroatoms. The van der Waals surface area contributed by atoms with E-state index in [1.807, 2.05) is 0 Å². The van der Waals surface area contributed by atoms with Gasteiger partial charge in [0, 0.05) is 17.7 Å². The highest BCUT2D eigenvalue weighted by Crippen LogP contribution is 2.41. The minimum Gasteiger partial charge on any atom is -0.381 e. The molecule has 2 aliphatic rings. The fourth-order valence-corrected chi connectivity index (χ4v) is 6.07. The minimum atomic E-state index is -4.81. The summed E-state index contributed by atoms with van der Waals surface area (Å²) in [5.41, 5.74) is -1.20. The molecule has 1 aliphatic carbocycles. The van der Waals surface area contributed by atoms with E-state index in [0.717, 1.165) is 12.1 Å². The van der Waals surface area contributed by atoms with Gasteiger partial charge >= 0.3 is 6.18 Å². The van der Waals surface area contributed by atoms with Gasteiger partial charge in [0.2, 0.25) is 0 Å². The average molecular weight is 482 g/mol. The van der Waals surface area contributed by atoms with Crippen molar-refractivity contribution in [2.75, 3.05) is 13.2 Å². The predicted molar refractivity (Wildman–Crippen MR) is 97.2 cm³/mol. The van der Waals surface area contributed by atoms with Crippen molar-refractivity contribution >= 4 is 25.8 Å². The van der Waals surface area contributed by atoms with Crippen molar-refractivity contribution in [3.05, 3.63) is 28.2 Å². The van der Waals surface area contributed by atoms with Crippen molar-refractivity contribution < 1.29 is 31.1 Å². The molecule has 1 heterocycles. The van der Waals surface area contributed by atoms with Gasteiger partial charge in [-0.15, -0.1) is 0 Å². The monoisotopic (exact) mass is 481 g/mol. The number of benzene rings is 1. The third kappa shape index (κ3) is 4.53. The Labute approximate surface area is 169 Å². The van der Waals surface area contributed by atoms with Crippen molar-refractivity contribution in [2.24, 2.45) is 5.92 Å². The van der Waals surface area contributed by atoms with Gasteiger partial charge in [0.15, 0.2) is 9.84 Å². The maximum absolute atomic E-state index is 13.4. The Bertz CT molecular complexity index is 863. The molecule has 28 heavy (non-hydrogen) atoms. The van der Waals surface area contributed by atoms with Crippen LogP contribution in [0.25, 0.3) is 0 Å². The summed E-state index contributed by atoms with van der Waals surface area (Å²) in [6, 6.07) is 5.07. The molecule has 5 nitrogen and oxygen atoms in total. The van der Waals surface area contributed by atoms with Crippen LogP contribution in [0.15, 0.2) is 27.6 Å². The smallest absolute Gasteiger partial charge is 0.381 e. The van der Waals surface area contributed by atoms with Crippen LogP contribution in [0.1, 0.15) is 31.2 Å². The summed E-state index contributed by atoms with van der Waals surface area (Å²) < 4.78 is 77.6. The van der Waals surface area contributed by atoms with Crippen molar-refractivity contribution in [3.63, 3.8) is 0 Å². The molecule has 3 atom stereocenters. The Morgan fingerprint density at radius 2 is 1.89 bits per heavy atom. The van der Waals surface area contributed by atoms with Crippen LogP contribution in [0.5, 0.6) is 0 Å². The number of nitrogens with zero attached hydrogens (tertiary/aromatic N) is 1. The van der Waals surface area contributed by atoms with Crippen LogP contribution in [-0.2, 0) is 25.5 Å². The van der Waals surface area contributed by atoms with Gasteiger partial charge in [0.05, 0.1) is 39.9 Å². The number of rotatable bonds is 4. The first-order chi connectivity index (χ1) is 13.1. The van der Waals surface area contributed by atoms with Crippen LogP contribution >= 0.6 is 15.9 Å². The molecule has 1 saturated carbocycles. The fourth-order valence-electron chi connectivity index (χ4n) is 3.70. The van der Waals surface area contributed by atoms with Crippen LogP contribution in [-0.4, -0.2) is 39.1 Å². The zero-order valence-electron chi connectivity index (χ0n) is 14.8. The van der Waals surface area contributed by atoms with E-state index in [4.69, 9.17) is 9.47 Å². The third-order valence-corrected chi connectivity index (χ3v) is 7.88. The molecule has 2 fully saturated rings. The maximum atomic E-state index is 13.4. The van der Waals surface area contributed by atoms with E-state index in [9.17, 15) is 26.9 Å². The van der Waals surface area contributed by atoms with Crippen LogP contribution < -0.4 is 0 Å². The van der Waals surface area contributed by atoms with Crippen molar-refractivity contribution in [3.8, 4) is 6.07 Å². The lowest BCUT2D eigenvalue weighted by Gasteiger charge is -2.27. The number of hydrogen-bond donors (Lipinski definition) is 0. The van der Waals surface area contributed by atoms with Gasteiger partial charge in [-0.25, -0.2) is 8.42 Å². The van der Waals surface area contributed by atoms with E-state index in [1.165, 1.54) is 6.07 Å². The molecule has 0 amide bonds. The number of alkyl halides is 3. The van der Waals surface area contributed by atoms with Gasteiger partial charge in [-0.3, -0.25) is 0 Å². The zero-order valence-corrected chi connectivity index (χ0v) is 17.2. The van der Waals surface area contributed by atoms with E-state index in [2.05, 4.69) is 22.0 Å². The SMILES string of the molecule is N#C[C@H]1C[C@H](S(=O)(=O)c2ccc(Br)cc2C(F)(F)F)C[C@@H]1OC1CCOCC1. The highest BCUT2D eigenvalue weighted by Gasteiger charge is 2.46. The van der Waals surface area contributed by atoms with Gasteiger partial charge in [0.25, 0.3) is 0 Å². The largest absolute Gasteiger partial charge is 0.417 e. The molecule has 0 radical (unpaired) electrons. The number of nitriles is 1. The molecular formula is C18H19BrF3NO4S. The van der Waals surface area contributed by atoms with Crippen LogP contribution in [0, 0.1) is 17.2 Å². The van der Waals surface area contributed by atoms with E-state index in [-0.39, 0.29) is 23.4 Å². The lowest BCUT2D eigenvalue weighted by molar-refractivity contribution is -0.139. The molecule has 154 valence electrons. The number of hydrogen-bond acceptors (Lipinski definition) is 5. The van der Waals surface area contributed by atoms with Crippen LogP contribution in [0.2, 0.25) is 0 Å². The molecule has 0 bridgehead atoms. The lowest BCUT2D eigenvalue weighted by Crippen LogP contribution is -2.30. The van der Waals surface area contributed by atoms with Gasteiger partial charge in [-0.1, -0.05) is 15.9 Å². The Morgan fingerprint density at radius 3 is 2.50 bits per heavy atom. The molecular weight excluding hydrogens is 463 g/mol. The topological polar surface area (TPSA) is 76.4 Å². The summed E-state index contributed by atoms with van der Waals surface area (Å²) >= 11 is 2.96. The van der Waals surface area contributed by atoms with Crippen LogP contribution in [0.3, 0.4) is 0 Å². The first-order valence-corrected chi connectivity index (χ1v) is 11.2. The van der Waals surface area contributed by atoms with Gasteiger partial charge in [-0.2, -0.15) is 18.4 Å². The summed E-state index contributed by atoms with van der Waals surface area (Å²) in [5.74, 6) is -0.674. The Hall–Kier alpha value is -1.15. The fraction of sp³-hybridized carbons (Fsp3) is 0.611. The second-order valence-electron chi connectivity index (χ2n) is 7.00. The molecule has 0 N–H and O–H groups in total. The Kier molecular flexibility index (Phi) is 6.39. The van der Waals surface area contributed by atoms with E-state index in [0.29, 0.717) is 26.1 Å². The second kappa shape index (κ2) is 8.30. The van der Waals surface area contributed by atoms with E-state index in [1.54, 1.807) is 0 Å². The molecule has 1 aliphatic heterocycles. The minimum absolute atomic E-state index is 0.00524. The highest BCUT2D eigenvalue weighted by molar-refractivity contribution is 9.10. The van der Waals surface area contributed by atoms with Gasteiger partial charge < -0.3 is 9.47 Å². The summed E-state index contributed by atoms with van der Waals surface area (Å²) in [4.78, 5) is -0.753. The van der Waals surface area contributed by atoms with Crippen molar-refractivity contribution in [1.82, 2.24) is 0 Å². The molecule has 1 aromatic carbocycles. The Balaban J connectivity index is 1.86. The standard InChI is InChI=1S/C18H19BrF3NO4S/c19-12-1-2-17(15(8-12)18(20,21)22)28(24,25)14-7-11(10-23)16(9-14)27-13-3-5-26-6-4-13/h1-2,8,11,13-14,16H,3-7,9H2/t11-,14+,16+/m1/s1. The molecule has 1 saturated heterocycles. The molecule has 3 rings (SSSR count). The third-order valence-electron chi connectivity index (χ3n) is 5.15. The lowest BCUT2D eigenvalue weighted by atomic mass is 10.1. The number of halogens is 4. The average Bonchev–Trinajstić information content (AvgIpc) is 3.05. The summed E-state index contributed by atoms with van der Waals surface area (Å²) in [5, 5.41) is 8.31. The summed E-state index contributed by atoms with van der Waals surface area (Å²) in [6.45, 7) is 1.06. The maximum Gasteiger partial charge on any atom is 0.417 e. The van der Waals surface area contributed by atoms with E-state index >= 15 is 0 Å². The quantitative estimate of drug-likeness (QED) is 0.646. The van der Waals surface area contributed by atoms with Crippen molar-refractivity contribution in [1.29, 1.82) is 5.26 Å². The predicted octanol–water partition coefficient (Wildman–Crippen LogP) is 4.11. The summed E-state index contributed by atoms with van der Waals surface area (Å²) in [6.07, 6.45) is -4.29. The molecule has 0 aromatic heterocycles. The number of ether oxygens (including phenoxy) is 2. The van der Waals surface area contributed by atoms with Gasteiger partial charge in [-0.05, 0) is 43.9 Å². The van der Waals surface area contributed by atoms with E-state index < -0.39 is 43.7 Å². The second-order valence-corrected chi connectivity index (χ2v) is 10.1. The molecule has 1 aromatic rings. The Morgan fingerprint density at radius 1 is 1.21 bits per heavy atom. The normalized spacial score (nSPS) is 26.9. The first-order valence-electron chi connectivity index (χ1n) is 8.86. The summed E-state index contributed by atoms with van der Waals surface area (Å²) in [7, 11) is -4.28. The number of sulfone groups is 1. The first kappa shape index (κ1) is 21.6.